The van der Waals surface area contributed by atoms with Gasteiger partial charge in [-0.05, 0) is 6.07 Å². The molecule has 0 heterocycles. The number of hydrogen-bond donors (Lipinski definition) is 2. The third kappa shape index (κ3) is 5.28. The predicted molar refractivity (Wildman–Crippen MR) is 74.0 cm³/mol. The van der Waals surface area contributed by atoms with E-state index in [1.807, 2.05) is 29.2 Å². The van der Waals surface area contributed by atoms with E-state index in [-0.39, 0.29) is 12.5 Å². The average molecular weight is 266 g/mol. The maximum Gasteiger partial charge on any atom is 0.221 e. The number of ether oxygens (including phenoxy) is 1. The predicted octanol–water partition coefficient (Wildman–Crippen LogP) is 0.626. The van der Waals surface area contributed by atoms with Crippen LogP contribution in [0.25, 0.3) is 0 Å². The van der Waals surface area contributed by atoms with Crippen LogP contribution in [0.1, 0.15) is 12.0 Å². The van der Waals surface area contributed by atoms with Gasteiger partial charge >= 0.3 is 0 Å². The number of aliphatic hydroxyl groups is 1. The highest BCUT2D eigenvalue weighted by molar-refractivity contribution is 5.75. The summed E-state index contributed by atoms with van der Waals surface area (Å²) in [6.45, 7) is 1.87. The molecule has 5 heteroatoms. The van der Waals surface area contributed by atoms with Crippen molar-refractivity contribution in [1.82, 2.24) is 10.2 Å². The fourth-order valence-corrected chi connectivity index (χ4v) is 1.87. The van der Waals surface area contributed by atoms with Gasteiger partial charge in [0.1, 0.15) is 5.75 Å². The fourth-order valence-electron chi connectivity index (χ4n) is 1.87. The standard InChI is InChI=1S/C14H22N2O3/c1-15-14(18)7-8-16(9-10-17)11-12-5-3-4-6-13(12)19-2/h3-6,17H,7-11H2,1-2H3,(H,15,18). The summed E-state index contributed by atoms with van der Waals surface area (Å²) in [5, 5.41) is 11.7. The molecule has 0 saturated carbocycles. The van der Waals surface area contributed by atoms with Crippen LogP contribution in [0.4, 0.5) is 0 Å². The number of carbonyl (C=O) groups is 1. The summed E-state index contributed by atoms with van der Waals surface area (Å²) in [7, 11) is 3.26. The molecule has 2 N–H and O–H groups in total. The molecule has 0 radical (unpaired) electrons. The fraction of sp³-hybridized carbons (Fsp3) is 0.500. The topological polar surface area (TPSA) is 61.8 Å². The maximum atomic E-state index is 11.3. The summed E-state index contributed by atoms with van der Waals surface area (Å²) in [4.78, 5) is 13.3. The lowest BCUT2D eigenvalue weighted by Crippen LogP contribution is -2.31. The molecular formula is C14H22N2O3. The lowest BCUT2D eigenvalue weighted by molar-refractivity contribution is -0.121. The van der Waals surface area contributed by atoms with Crippen LogP contribution in [0.2, 0.25) is 0 Å². The Hall–Kier alpha value is -1.59. The second-order valence-electron chi connectivity index (χ2n) is 4.23. The summed E-state index contributed by atoms with van der Waals surface area (Å²) in [6, 6.07) is 7.77. The molecule has 0 unspecified atom stereocenters. The molecule has 1 aromatic carbocycles. The quantitative estimate of drug-likeness (QED) is 0.724. The first-order valence-electron chi connectivity index (χ1n) is 6.37. The highest BCUT2D eigenvalue weighted by Crippen LogP contribution is 2.19. The van der Waals surface area contributed by atoms with Crippen LogP contribution < -0.4 is 10.1 Å². The highest BCUT2D eigenvalue weighted by atomic mass is 16.5. The molecule has 0 saturated heterocycles. The Balaban J connectivity index is 2.63. The van der Waals surface area contributed by atoms with Gasteiger partial charge in [0, 0.05) is 38.7 Å². The van der Waals surface area contributed by atoms with Gasteiger partial charge < -0.3 is 15.2 Å². The van der Waals surface area contributed by atoms with Gasteiger partial charge in [0.2, 0.25) is 5.91 Å². The zero-order chi connectivity index (χ0) is 14.1. The molecule has 1 amide bonds. The van der Waals surface area contributed by atoms with Crippen molar-refractivity contribution < 1.29 is 14.6 Å². The number of benzene rings is 1. The van der Waals surface area contributed by atoms with Gasteiger partial charge in [0.15, 0.2) is 0 Å². The number of rotatable bonds is 8. The second kappa shape index (κ2) is 8.50. The average Bonchev–Trinajstić information content (AvgIpc) is 2.45. The molecule has 1 rings (SSSR count). The monoisotopic (exact) mass is 266 g/mol. The van der Waals surface area contributed by atoms with Gasteiger partial charge in [-0.15, -0.1) is 0 Å². The first-order valence-corrected chi connectivity index (χ1v) is 6.37. The van der Waals surface area contributed by atoms with Crippen LogP contribution in [0.3, 0.4) is 0 Å². The van der Waals surface area contributed by atoms with Gasteiger partial charge in [-0.1, -0.05) is 18.2 Å². The van der Waals surface area contributed by atoms with Crippen molar-refractivity contribution in [2.24, 2.45) is 0 Å². The lowest BCUT2D eigenvalue weighted by Gasteiger charge is -2.22. The number of para-hydroxylation sites is 1. The van der Waals surface area contributed by atoms with Gasteiger partial charge in [-0.25, -0.2) is 0 Å². The van der Waals surface area contributed by atoms with Gasteiger partial charge in [0.05, 0.1) is 13.7 Å². The Bertz CT molecular complexity index is 396. The number of hydrogen-bond acceptors (Lipinski definition) is 4. The molecule has 106 valence electrons. The van der Waals surface area contributed by atoms with Crippen molar-refractivity contribution in [3.63, 3.8) is 0 Å². The molecule has 5 nitrogen and oxygen atoms in total. The molecule has 0 aliphatic heterocycles. The van der Waals surface area contributed by atoms with E-state index in [2.05, 4.69) is 5.32 Å². The lowest BCUT2D eigenvalue weighted by atomic mass is 10.2. The molecule has 0 atom stereocenters. The zero-order valence-corrected chi connectivity index (χ0v) is 11.6. The molecule has 1 aromatic rings. The number of aliphatic hydroxyl groups excluding tert-OH is 1. The van der Waals surface area contributed by atoms with Gasteiger partial charge in [-0.2, -0.15) is 0 Å². The third-order valence-corrected chi connectivity index (χ3v) is 2.94. The molecule has 0 aromatic heterocycles. The van der Waals surface area contributed by atoms with Crippen molar-refractivity contribution in [2.45, 2.75) is 13.0 Å². The number of carbonyl (C=O) groups excluding carboxylic acids is 1. The van der Waals surface area contributed by atoms with Crippen LogP contribution >= 0.6 is 0 Å². The second-order valence-corrected chi connectivity index (χ2v) is 4.23. The van der Waals surface area contributed by atoms with Crippen molar-refractivity contribution in [1.29, 1.82) is 0 Å². The number of amides is 1. The Labute approximate surface area is 114 Å². The SMILES string of the molecule is CNC(=O)CCN(CCO)Cc1ccccc1OC. The first kappa shape index (κ1) is 15.5. The van der Waals surface area contributed by atoms with E-state index in [9.17, 15) is 4.79 Å². The first-order chi connectivity index (χ1) is 9.21. The van der Waals surface area contributed by atoms with E-state index in [1.54, 1.807) is 14.2 Å². The molecule has 0 bridgehead atoms. The van der Waals surface area contributed by atoms with E-state index in [1.165, 1.54) is 0 Å². The molecular weight excluding hydrogens is 244 g/mol. The minimum atomic E-state index is 0.00275. The van der Waals surface area contributed by atoms with Crippen molar-refractivity contribution in [3.05, 3.63) is 29.8 Å². The van der Waals surface area contributed by atoms with E-state index < -0.39 is 0 Å². The number of nitrogens with zero attached hydrogens (tertiary/aromatic N) is 1. The van der Waals surface area contributed by atoms with Crippen LogP contribution in [0, 0.1) is 0 Å². The smallest absolute Gasteiger partial charge is 0.221 e. The van der Waals surface area contributed by atoms with Gasteiger partial charge in [0.25, 0.3) is 0 Å². The normalized spacial score (nSPS) is 10.5. The Kier molecular flexibility index (Phi) is 6.92. The van der Waals surface area contributed by atoms with Crippen LogP contribution in [0.5, 0.6) is 5.75 Å². The van der Waals surface area contributed by atoms with Crippen LogP contribution in [-0.4, -0.2) is 49.8 Å². The van der Waals surface area contributed by atoms with E-state index in [0.717, 1.165) is 11.3 Å². The Morgan fingerprint density at radius 2 is 2.11 bits per heavy atom. The van der Waals surface area contributed by atoms with E-state index in [4.69, 9.17) is 9.84 Å². The highest BCUT2D eigenvalue weighted by Gasteiger charge is 2.10. The minimum absolute atomic E-state index is 0.00275. The van der Waals surface area contributed by atoms with E-state index in [0.29, 0.717) is 26.1 Å². The Morgan fingerprint density at radius 3 is 2.74 bits per heavy atom. The third-order valence-electron chi connectivity index (χ3n) is 2.94. The summed E-state index contributed by atoms with van der Waals surface area (Å²) >= 11 is 0. The van der Waals surface area contributed by atoms with Crippen LogP contribution in [-0.2, 0) is 11.3 Å². The van der Waals surface area contributed by atoms with Crippen molar-refractivity contribution >= 4 is 5.91 Å². The van der Waals surface area contributed by atoms with Crippen molar-refractivity contribution in [3.8, 4) is 5.75 Å². The molecule has 0 spiro atoms. The summed E-state index contributed by atoms with van der Waals surface area (Å²) in [5.41, 5.74) is 1.05. The molecule has 0 aliphatic rings. The van der Waals surface area contributed by atoms with Crippen molar-refractivity contribution in [2.75, 3.05) is 33.9 Å². The van der Waals surface area contributed by atoms with Crippen LogP contribution in [0.15, 0.2) is 24.3 Å². The number of nitrogens with one attached hydrogen (secondary N) is 1. The summed E-state index contributed by atoms with van der Waals surface area (Å²) in [6.07, 6.45) is 0.422. The maximum absolute atomic E-state index is 11.3. The molecule has 19 heavy (non-hydrogen) atoms. The number of methoxy groups -OCH3 is 1. The largest absolute Gasteiger partial charge is 0.496 e. The molecule has 0 fully saturated rings. The zero-order valence-electron chi connectivity index (χ0n) is 11.6. The minimum Gasteiger partial charge on any atom is -0.496 e. The molecule has 0 aliphatic carbocycles. The van der Waals surface area contributed by atoms with Gasteiger partial charge in [-0.3, -0.25) is 9.69 Å². The van der Waals surface area contributed by atoms with E-state index >= 15 is 0 Å². The Morgan fingerprint density at radius 1 is 1.37 bits per heavy atom. The summed E-state index contributed by atoms with van der Waals surface area (Å²) in [5.74, 6) is 0.827. The summed E-state index contributed by atoms with van der Waals surface area (Å²) < 4.78 is 5.30.